The van der Waals surface area contributed by atoms with Gasteiger partial charge in [0, 0.05) is 12.1 Å². The molecule has 3 saturated carbocycles. The van der Waals surface area contributed by atoms with Gasteiger partial charge in [-0.2, -0.15) is 0 Å². The van der Waals surface area contributed by atoms with Gasteiger partial charge < -0.3 is 5.32 Å². The van der Waals surface area contributed by atoms with Gasteiger partial charge in [0.2, 0.25) is 0 Å². The highest BCUT2D eigenvalue weighted by atomic mass is 15.0. The predicted molar refractivity (Wildman–Crippen MR) is 54.6 cm³/mol. The van der Waals surface area contributed by atoms with Crippen LogP contribution < -0.4 is 5.32 Å². The summed E-state index contributed by atoms with van der Waals surface area (Å²) in [5.41, 5.74) is 0. The minimum absolute atomic E-state index is 0.879. The van der Waals surface area contributed by atoms with Crippen molar-refractivity contribution >= 4 is 0 Å². The fraction of sp³-hybridized carbons (Fsp3) is 1.00. The summed E-state index contributed by atoms with van der Waals surface area (Å²) in [5.74, 6) is 3.17. The molecule has 0 aliphatic heterocycles. The van der Waals surface area contributed by atoms with E-state index in [-0.39, 0.29) is 0 Å². The molecule has 0 aromatic carbocycles. The standard InChI is InChI=1S/C12H21N/c1-8-5-6-11(8)13-12-4-2-3-9-7-10(9)12/h8-13H,2-7H2,1H3/t8?,9-,10+,11?,12?/m0/s1. The van der Waals surface area contributed by atoms with Crippen LogP contribution >= 0.6 is 0 Å². The van der Waals surface area contributed by atoms with Crippen molar-refractivity contribution < 1.29 is 0 Å². The highest BCUT2D eigenvalue weighted by Crippen LogP contribution is 2.50. The van der Waals surface area contributed by atoms with E-state index in [2.05, 4.69) is 12.2 Å². The molecule has 0 aromatic heterocycles. The van der Waals surface area contributed by atoms with Gasteiger partial charge in [-0.05, 0) is 43.4 Å². The second kappa shape index (κ2) is 2.98. The van der Waals surface area contributed by atoms with E-state index in [1.54, 1.807) is 6.42 Å². The molecule has 0 bridgehead atoms. The van der Waals surface area contributed by atoms with E-state index in [0.717, 1.165) is 29.8 Å². The first-order chi connectivity index (χ1) is 6.34. The third-order valence-corrected chi connectivity index (χ3v) is 4.63. The second-order valence-electron chi connectivity index (χ2n) is 5.52. The van der Waals surface area contributed by atoms with E-state index in [9.17, 15) is 0 Å². The summed E-state index contributed by atoms with van der Waals surface area (Å²) in [6.07, 6.45) is 8.92. The van der Waals surface area contributed by atoms with E-state index in [1.807, 2.05) is 0 Å². The lowest BCUT2D eigenvalue weighted by Gasteiger charge is -2.38. The fourth-order valence-electron chi connectivity index (χ4n) is 3.31. The highest BCUT2D eigenvalue weighted by molar-refractivity contribution is 5.00. The van der Waals surface area contributed by atoms with Gasteiger partial charge in [0.05, 0.1) is 0 Å². The number of hydrogen-bond donors (Lipinski definition) is 1. The maximum Gasteiger partial charge on any atom is 0.0101 e. The number of hydrogen-bond acceptors (Lipinski definition) is 1. The molecule has 0 spiro atoms. The molecule has 0 heterocycles. The summed E-state index contributed by atoms with van der Waals surface area (Å²) in [6, 6.07) is 1.79. The van der Waals surface area contributed by atoms with Crippen LogP contribution in [0, 0.1) is 17.8 Å². The molecular formula is C12H21N. The van der Waals surface area contributed by atoms with Crippen molar-refractivity contribution in [2.45, 2.75) is 57.5 Å². The largest absolute Gasteiger partial charge is 0.311 e. The average Bonchev–Trinajstić information content (AvgIpc) is 2.90. The van der Waals surface area contributed by atoms with Gasteiger partial charge in [-0.3, -0.25) is 0 Å². The molecule has 0 radical (unpaired) electrons. The minimum Gasteiger partial charge on any atom is -0.311 e. The van der Waals surface area contributed by atoms with Crippen molar-refractivity contribution in [2.24, 2.45) is 17.8 Å². The Labute approximate surface area is 81.3 Å². The molecule has 3 fully saturated rings. The Hall–Kier alpha value is -0.0400. The van der Waals surface area contributed by atoms with E-state index >= 15 is 0 Å². The van der Waals surface area contributed by atoms with E-state index < -0.39 is 0 Å². The van der Waals surface area contributed by atoms with Gasteiger partial charge >= 0.3 is 0 Å². The molecule has 3 aliphatic carbocycles. The van der Waals surface area contributed by atoms with Crippen LogP contribution in [0.3, 0.4) is 0 Å². The van der Waals surface area contributed by atoms with Crippen LogP contribution in [-0.2, 0) is 0 Å². The first-order valence-corrected chi connectivity index (χ1v) is 6.10. The maximum absolute atomic E-state index is 3.90. The molecule has 0 amide bonds. The second-order valence-corrected chi connectivity index (χ2v) is 5.52. The Kier molecular flexibility index (Phi) is 1.90. The van der Waals surface area contributed by atoms with Gasteiger partial charge in [0.25, 0.3) is 0 Å². The number of rotatable bonds is 2. The lowest BCUT2D eigenvalue weighted by molar-refractivity contribution is 0.187. The number of nitrogens with one attached hydrogen (secondary N) is 1. The third kappa shape index (κ3) is 1.41. The van der Waals surface area contributed by atoms with Crippen LogP contribution in [0.25, 0.3) is 0 Å². The molecule has 13 heavy (non-hydrogen) atoms. The minimum atomic E-state index is 0.879. The molecule has 0 aromatic rings. The molecule has 3 rings (SSSR count). The first kappa shape index (κ1) is 8.28. The Morgan fingerprint density at radius 3 is 2.62 bits per heavy atom. The lowest BCUT2D eigenvalue weighted by atomic mass is 9.80. The summed E-state index contributed by atoms with van der Waals surface area (Å²) >= 11 is 0. The smallest absolute Gasteiger partial charge is 0.0101 e. The normalized spacial score (nSPS) is 53.8. The van der Waals surface area contributed by atoms with Crippen LogP contribution in [0.1, 0.15) is 45.4 Å². The quantitative estimate of drug-likeness (QED) is 0.687. The van der Waals surface area contributed by atoms with Crippen LogP contribution in [0.15, 0.2) is 0 Å². The van der Waals surface area contributed by atoms with Gasteiger partial charge in [-0.15, -0.1) is 0 Å². The van der Waals surface area contributed by atoms with E-state index in [0.29, 0.717) is 0 Å². The monoisotopic (exact) mass is 179 g/mol. The Morgan fingerprint density at radius 2 is 1.92 bits per heavy atom. The molecule has 3 aliphatic rings. The molecule has 0 saturated heterocycles. The van der Waals surface area contributed by atoms with Gasteiger partial charge in [-0.1, -0.05) is 19.8 Å². The van der Waals surface area contributed by atoms with Gasteiger partial charge in [0.15, 0.2) is 0 Å². The van der Waals surface area contributed by atoms with Gasteiger partial charge in [0.1, 0.15) is 0 Å². The average molecular weight is 179 g/mol. The van der Waals surface area contributed by atoms with Crippen molar-refractivity contribution in [2.75, 3.05) is 0 Å². The molecular weight excluding hydrogens is 158 g/mol. The molecule has 1 nitrogen and oxygen atoms in total. The van der Waals surface area contributed by atoms with Crippen LogP contribution in [-0.4, -0.2) is 12.1 Å². The van der Waals surface area contributed by atoms with Crippen molar-refractivity contribution in [1.82, 2.24) is 5.32 Å². The summed E-state index contributed by atoms with van der Waals surface area (Å²) in [5, 5.41) is 3.90. The summed E-state index contributed by atoms with van der Waals surface area (Å²) in [7, 11) is 0. The van der Waals surface area contributed by atoms with Crippen molar-refractivity contribution in [3.8, 4) is 0 Å². The van der Waals surface area contributed by atoms with Crippen molar-refractivity contribution in [1.29, 1.82) is 0 Å². The van der Waals surface area contributed by atoms with Crippen LogP contribution in [0.5, 0.6) is 0 Å². The molecule has 1 heteroatoms. The topological polar surface area (TPSA) is 12.0 Å². The Balaban J connectivity index is 1.54. The summed E-state index contributed by atoms with van der Waals surface area (Å²) in [6.45, 7) is 2.40. The molecule has 1 N–H and O–H groups in total. The summed E-state index contributed by atoms with van der Waals surface area (Å²) < 4.78 is 0. The Morgan fingerprint density at radius 1 is 1.00 bits per heavy atom. The zero-order valence-electron chi connectivity index (χ0n) is 8.63. The predicted octanol–water partition coefficient (Wildman–Crippen LogP) is 2.56. The van der Waals surface area contributed by atoms with Crippen LogP contribution in [0.4, 0.5) is 0 Å². The zero-order chi connectivity index (χ0) is 8.84. The lowest BCUT2D eigenvalue weighted by Crippen LogP contribution is -2.49. The maximum atomic E-state index is 3.90. The molecule has 74 valence electrons. The molecule has 3 unspecified atom stereocenters. The van der Waals surface area contributed by atoms with E-state index in [4.69, 9.17) is 0 Å². The highest BCUT2D eigenvalue weighted by Gasteiger charge is 2.46. The Bertz CT molecular complexity index is 201. The van der Waals surface area contributed by atoms with Crippen LogP contribution in [0.2, 0.25) is 0 Å². The zero-order valence-corrected chi connectivity index (χ0v) is 8.63. The first-order valence-electron chi connectivity index (χ1n) is 6.10. The van der Waals surface area contributed by atoms with Crippen molar-refractivity contribution in [3.63, 3.8) is 0 Å². The third-order valence-electron chi connectivity index (χ3n) is 4.63. The molecule has 5 atom stereocenters. The van der Waals surface area contributed by atoms with E-state index in [1.165, 1.54) is 32.1 Å². The number of fused-ring (bicyclic) bond motifs is 1. The summed E-state index contributed by atoms with van der Waals surface area (Å²) in [4.78, 5) is 0. The SMILES string of the molecule is CC1CCC1NC1CCC[C@H]2C[C@@H]12. The van der Waals surface area contributed by atoms with Crippen molar-refractivity contribution in [3.05, 3.63) is 0 Å². The fourth-order valence-corrected chi connectivity index (χ4v) is 3.31. The van der Waals surface area contributed by atoms with Gasteiger partial charge in [-0.25, -0.2) is 0 Å².